The van der Waals surface area contributed by atoms with Crippen LogP contribution in [0, 0.1) is 11.8 Å². The number of aliphatic hydroxyl groups is 1. The SMILES string of the molecule is C=Cc1ccc2ccc([C@@H](C)OC(=O)[C@H]3NN(C(=O)C(C)NC(=O)[C@@H](NC(=O)OC(C)(C)C)C(C)C)CCC3C/C=C/c3ccc4ccc([C@@H](C)O)nc4c3)nc2c1. The number of hydrazine groups is 1. The van der Waals surface area contributed by atoms with Crippen LogP contribution in [0.5, 0.6) is 0 Å². The molecule has 1 saturated heterocycles. The number of aromatic nitrogens is 2. The molecule has 4 N–H and O–H groups in total. The molecule has 13 nitrogen and oxygen atoms in total. The number of pyridine rings is 2. The Morgan fingerprint density at radius 3 is 2.14 bits per heavy atom. The van der Waals surface area contributed by atoms with Crippen molar-refractivity contribution in [1.82, 2.24) is 31.0 Å². The van der Waals surface area contributed by atoms with Gasteiger partial charge in [0.25, 0.3) is 5.91 Å². The van der Waals surface area contributed by atoms with Gasteiger partial charge in [0.1, 0.15) is 29.8 Å². The summed E-state index contributed by atoms with van der Waals surface area (Å²) in [6, 6.07) is 16.4. The largest absolute Gasteiger partial charge is 0.455 e. The highest BCUT2D eigenvalue weighted by atomic mass is 16.6. The zero-order valence-electron chi connectivity index (χ0n) is 34.6. The number of hydrogen-bond donors (Lipinski definition) is 4. The predicted molar refractivity (Wildman–Crippen MR) is 225 cm³/mol. The number of nitrogens with one attached hydrogen (secondary N) is 3. The molecule has 1 aliphatic heterocycles. The van der Waals surface area contributed by atoms with Gasteiger partial charge in [0.2, 0.25) is 5.91 Å². The zero-order valence-corrected chi connectivity index (χ0v) is 34.6. The van der Waals surface area contributed by atoms with Crippen molar-refractivity contribution in [3.8, 4) is 0 Å². The van der Waals surface area contributed by atoms with Crippen LogP contribution >= 0.6 is 0 Å². The first-order valence-corrected chi connectivity index (χ1v) is 19.8. The molecule has 0 bridgehead atoms. The molecule has 3 amide bonds. The summed E-state index contributed by atoms with van der Waals surface area (Å²) >= 11 is 0. The van der Waals surface area contributed by atoms with Crippen LogP contribution in [0.1, 0.15) is 103 Å². The molecule has 13 heteroatoms. The summed E-state index contributed by atoms with van der Waals surface area (Å²) in [5.41, 5.74) is 6.86. The van der Waals surface area contributed by atoms with Gasteiger partial charge in [0.05, 0.1) is 28.5 Å². The van der Waals surface area contributed by atoms with Gasteiger partial charge in [0.15, 0.2) is 0 Å². The highest BCUT2D eigenvalue weighted by molar-refractivity contribution is 5.91. The number of nitrogens with zero attached hydrogens (tertiary/aromatic N) is 3. The van der Waals surface area contributed by atoms with Crippen molar-refractivity contribution in [3.63, 3.8) is 0 Å². The van der Waals surface area contributed by atoms with Crippen molar-refractivity contribution in [1.29, 1.82) is 0 Å². The summed E-state index contributed by atoms with van der Waals surface area (Å²) in [4.78, 5) is 63.1. The number of carbonyl (C=O) groups excluding carboxylic acids is 4. The lowest BCUT2D eigenvalue weighted by Crippen LogP contribution is -2.63. The van der Waals surface area contributed by atoms with E-state index in [1.807, 2.05) is 72.8 Å². The first-order valence-electron chi connectivity index (χ1n) is 19.8. The first kappa shape index (κ1) is 43.5. The van der Waals surface area contributed by atoms with Crippen LogP contribution in [-0.4, -0.2) is 74.2 Å². The van der Waals surface area contributed by atoms with Crippen LogP contribution < -0.4 is 16.1 Å². The van der Waals surface area contributed by atoms with Crippen molar-refractivity contribution in [2.45, 2.75) is 104 Å². The minimum atomic E-state index is -0.994. The molecule has 5 rings (SSSR count). The summed E-state index contributed by atoms with van der Waals surface area (Å²) in [5.74, 6) is -2.10. The number of alkyl carbamates (subject to hydrolysis) is 1. The van der Waals surface area contributed by atoms with E-state index in [2.05, 4.69) is 27.6 Å². The van der Waals surface area contributed by atoms with Gasteiger partial charge in [0, 0.05) is 17.3 Å². The van der Waals surface area contributed by atoms with E-state index in [0.717, 1.165) is 32.9 Å². The average Bonchev–Trinajstić information content (AvgIpc) is 3.17. The number of allylic oxidation sites excluding steroid dienone is 1. The smallest absolute Gasteiger partial charge is 0.408 e. The maximum Gasteiger partial charge on any atom is 0.408 e. The van der Waals surface area contributed by atoms with Crippen molar-refractivity contribution in [2.75, 3.05) is 6.54 Å². The molecule has 3 heterocycles. The molecule has 4 aromatic rings. The third kappa shape index (κ3) is 11.3. The number of amides is 3. The van der Waals surface area contributed by atoms with Crippen LogP contribution in [0.2, 0.25) is 0 Å². The molecule has 58 heavy (non-hydrogen) atoms. The monoisotopic (exact) mass is 792 g/mol. The summed E-state index contributed by atoms with van der Waals surface area (Å²) in [6.45, 7) is 17.8. The van der Waals surface area contributed by atoms with E-state index < -0.39 is 59.8 Å². The Hall–Kier alpha value is -5.66. The molecule has 308 valence electrons. The molecule has 2 aromatic carbocycles. The molecule has 1 aliphatic rings. The summed E-state index contributed by atoms with van der Waals surface area (Å²) < 4.78 is 11.4. The van der Waals surface area contributed by atoms with Crippen molar-refractivity contribution in [3.05, 3.63) is 95.8 Å². The van der Waals surface area contributed by atoms with E-state index in [9.17, 15) is 24.3 Å². The Morgan fingerprint density at radius 2 is 1.52 bits per heavy atom. The van der Waals surface area contributed by atoms with Gasteiger partial charge in [-0.3, -0.25) is 24.4 Å². The number of rotatable bonds is 13. The molecule has 0 spiro atoms. The van der Waals surface area contributed by atoms with Gasteiger partial charge in [-0.1, -0.05) is 75.1 Å². The number of aliphatic hydroxyl groups excluding tert-OH is 1. The summed E-state index contributed by atoms with van der Waals surface area (Å²) in [6.07, 6.45) is 4.51. The van der Waals surface area contributed by atoms with Gasteiger partial charge in [-0.05, 0) is 102 Å². The highest BCUT2D eigenvalue weighted by Crippen LogP contribution is 2.27. The Kier molecular flexibility index (Phi) is 14.0. The summed E-state index contributed by atoms with van der Waals surface area (Å²) in [5, 5.41) is 18.6. The van der Waals surface area contributed by atoms with E-state index in [-0.39, 0.29) is 18.4 Å². The number of esters is 1. The summed E-state index contributed by atoms with van der Waals surface area (Å²) in [7, 11) is 0. The van der Waals surface area contributed by atoms with Gasteiger partial charge in [-0.2, -0.15) is 0 Å². The number of carbonyl (C=O) groups is 4. The number of fused-ring (bicyclic) bond motifs is 2. The fourth-order valence-electron chi connectivity index (χ4n) is 6.72. The van der Waals surface area contributed by atoms with E-state index >= 15 is 0 Å². The molecule has 0 aliphatic carbocycles. The maximum atomic E-state index is 14.1. The molecule has 1 fully saturated rings. The lowest BCUT2D eigenvalue weighted by atomic mass is 9.90. The number of hydrogen-bond acceptors (Lipinski definition) is 10. The van der Waals surface area contributed by atoms with Crippen LogP contribution in [0.4, 0.5) is 4.79 Å². The third-order valence-corrected chi connectivity index (χ3v) is 9.96. The van der Waals surface area contributed by atoms with Crippen LogP contribution in [0.3, 0.4) is 0 Å². The first-order chi connectivity index (χ1) is 27.4. The second-order valence-electron chi connectivity index (χ2n) is 16.2. The highest BCUT2D eigenvalue weighted by Gasteiger charge is 2.39. The Morgan fingerprint density at radius 1 is 0.914 bits per heavy atom. The van der Waals surface area contributed by atoms with Gasteiger partial charge >= 0.3 is 12.1 Å². The standard InChI is InChI=1S/C45H56N6O7/c1-10-30-14-16-32-19-21-36(48-37(32)24-30)29(6)57-43(55)40-34(13-11-12-31-15-17-33-18-20-35(28(5)52)47-38(33)25-31)22-23-51(50-40)42(54)27(4)46-41(53)39(26(2)3)49-44(56)58-45(7,8)9/h10-12,14-21,24-29,34,39-40,50,52H,1,13,22-23H2,2-9H3,(H,46,53)(H,49,56)/b12-11+/t27?,28-,29-,34?,39+,40+/m1/s1. The fourth-order valence-corrected chi connectivity index (χ4v) is 6.72. The minimum Gasteiger partial charge on any atom is -0.455 e. The van der Waals surface area contributed by atoms with E-state index in [0.29, 0.717) is 24.2 Å². The van der Waals surface area contributed by atoms with Crippen molar-refractivity contribution in [2.24, 2.45) is 11.8 Å². The normalized spacial score (nSPS) is 18.1. The molecule has 2 aromatic heterocycles. The quantitative estimate of drug-likeness (QED) is 0.104. The van der Waals surface area contributed by atoms with Crippen LogP contribution in [0.25, 0.3) is 34.0 Å². The van der Waals surface area contributed by atoms with Crippen molar-refractivity contribution < 1.29 is 33.8 Å². The fraction of sp³-hybridized carbons (Fsp3) is 0.422. The molecule has 0 radical (unpaired) electrons. The molecule has 0 saturated carbocycles. The van der Waals surface area contributed by atoms with Crippen molar-refractivity contribution >= 4 is 57.8 Å². The lowest BCUT2D eigenvalue weighted by molar-refractivity contribution is -0.159. The molecule has 6 atom stereocenters. The van der Waals surface area contributed by atoms with E-state index in [4.69, 9.17) is 14.5 Å². The van der Waals surface area contributed by atoms with Crippen LogP contribution in [0.15, 0.2) is 73.3 Å². The van der Waals surface area contributed by atoms with Gasteiger partial charge in [-0.25, -0.2) is 15.2 Å². The van der Waals surface area contributed by atoms with E-state index in [1.165, 1.54) is 5.01 Å². The predicted octanol–water partition coefficient (Wildman–Crippen LogP) is 6.96. The minimum absolute atomic E-state index is 0.256. The second kappa shape index (κ2) is 18.7. The topological polar surface area (TPSA) is 172 Å². The lowest BCUT2D eigenvalue weighted by Gasteiger charge is -2.39. The number of benzene rings is 2. The Labute approximate surface area is 340 Å². The third-order valence-electron chi connectivity index (χ3n) is 9.96. The maximum absolute atomic E-state index is 14.1. The molecular formula is C45H56N6O7. The molecular weight excluding hydrogens is 737 g/mol. The van der Waals surface area contributed by atoms with Gasteiger partial charge in [-0.15, -0.1) is 0 Å². The average molecular weight is 793 g/mol. The van der Waals surface area contributed by atoms with Crippen LogP contribution in [-0.2, 0) is 23.9 Å². The Balaban J connectivity index is 1.32. The van der Waals surface area contributed by atoms with Gasteiger partial charge < -0.3 is 25.2 Å². The Bertz CT molecular complexity index is 2180. The second-order valence-corrected chi connectivity index (χ2v) is 16.2. The zero-order chi connectivity index (χ0) is 42.3. The molecule has 2 unspecified atom stereocenters. The van der Waals surface area contributed by atoms with E-state index in [1.54, 1.807) is 61.5 Å². The number of ether oxygens (including phenoxy) is 2.